The normalized spacial score (nSPS) is 15.6. The fourth-order valence-corrected chi connectivity index (χ4v) is 2.22. The van der Waals surface area contributed by atoms with Crippen LogP contribution < -0.4 is 0 Å². The van der Waals surface area contributed by atoms with Gasteiger partial charge in [0, 0.05) is 6.07 Å². The van der Waals surface area contributed by atoms with Gasteiger partial charge in [-0.1, -0.05) is 11.2 Å². The number of nitro groups is 1. The van der Waals surface area contributed by atoms with Crippen LogP contribution in [0.1, 0.15) is 17.3 Å². The molecule has 0 fully saturated rings. The van der Waals surface area contributed by atoms with Gasteiger partial charge < -0.3 is 4.84 Å². The summed E-state index contributed by atoms with van der Waals surface area (Å²) in [6, 6.07) is 4.01. The molecule has 0 N–H and O–H groups in total. The van der Waals surface area contributed by atoms with E-state index in [1.807, 2.05) is 0 Å². The summed E-state index contributed by atoms with van der Waals surface area (Å²) in [5.41, 5.74) is 0.497. The number of nitro benzene ring substituents is 1. The van der Waals surface area contributed by atoms with E-state index in [9.17, 15) is 19.7 Å². The summed E-state index contributed by atoms with van der Waals surface area (Å²) in [4.78, 5) is 38.1. The van der Waals surface area contributed by atoms with E-state index in [4.69, 9.17) is 4.84 Å². The fourth-order valence-electron chi connectivity index (χ4n) is 1.65. The first-order valence-corrected chi connectivity index (χ1v) is 6.82. The summed E-state index contributed by atoms with van der Waals surface area (Å²) in [5.74, 6) is -0.994. The molecule has 0 atom stereocenters. The number of rotatable bonds is 3. The first kappa shape index (κ1) is 15.8. The van der Waals surface area contributed by atoms with Crippen molar-refractivity contribution in [3.8, 4) is 0 Å². The van der Waals surface area contributed by atoms with E-state index in [2.05, 4.69) is 21.1 Å². The van der Waals surface area contributed by atoms with Crippen LogP contribution in [-0.2, 0) is 9.63 Å². The maximum atomic E-state index is 11.9. The number of carbonyl (C=O) groups is 2. The second-order valence-electron chi connectivity index (χ2n) is 4.32. The molecule has 22 heavy (non-hydrogen) atoms. The number of carbonyl (C=O) groups excluding carboxylic acids is 2. The highest BCUT2D eigenvalue weighted by Crippen LogP contribution is 2.28. The van der Waals surface area contributed by atoms with Gasteiger partial charge in [-0.3, -0.25) is 14.9 Å². The molecule has 0 unspecified atom stereocenters. The minimum absolute atomic E-state index is 0.0184. The molecule has 8 heteroatoms. The third-order valence-electron chi connectivity index (χ3n) is 2.79. The second-order valence-corrected chi connectivity index (χ2v) is 5.11. The third-order valence-corrected chi connectivity index (χ3v) is 3.62. The van der Waals surface area contributed by atoms with Crippen LogP contribution >= 0.6 is 15.9 Å². The Balaban J connectivity index is 2.21. The lowest BCUT2D eigenvalue weighted by atomic mass is 10.1. The van der Waals surface area contributed by atoms with Crippen LogP contribution in [0, 0.1) is 10.1 Å². The minimum Gasteiger partial charge on any atom is -0.312 e. The summed E-state index contributed by atoms with van der Waals surface area (Å²) < 4.78 is 0.0197. The summed E-state index contributed by atoms with van der Waals surface area (Å²) in [7, 11) is 0. The van der Waals surface area contributed by atoms with Gasteiger partial charge in [-0.25, -0.2) is 4.79 Å². The fraction of sp³-hybridized carbons (Fsp3) is 0.0714. The third kappa shape index (κ3) is 3.34. The SMILES string of the molecule is CC1=C/C(=N/OC(=O)c2cccc([N+](=O)[O-])c2Br)C=CC1=O. The highest BCUT2D eigenvalue weighted by Gasteiger charge is 2.21. The van der Waals surface area contributed by atoms with Gasteiger partial charge >= 0.3 is 5.97 Å². The van der Waals surface area contributed by atoms with Crippen LogP contribution in [0.5, 0.6) is 0 Å². The maximum absolute atomic E-state index is 11.9. The Kier molecular flexibility index (Phi) is 4.62. The van der Waals surface area contributed by atoms with Crippen molar-refractivity contribution in [2.75, 3.05) is 0 Å². The average molecular weight is 365 g/mol. The molecule has 0 saturated heterocycles. The summed E-state index contributed by atoms with van der Waals surface area (Å²) in [6.45, 7) is 1.61. The molecule has 0 spiro atoms. The zero-order valence-electron chi connectivity index (χ0n) is 11.3. The standard InChI is InChI=1S/C14H9BrN2O5/c1-8-7-9(5-6-12(8)18)16-22-14(19)10-3-2-4-11(13(10)15)17(20)21/h2-7H,1H3/b16-9+. The van der Waals surface area contributed by atoms with Crippen molar-refractivity contribution in [3.63, 3.8) is 0 Å². The van der Waals surface area contributed by atoms with Crippen molar-refractivity contribution >= 4 is 39.1 Å². The number of allylic oxidation sites excluding steroid dienone is 4. The van der Waals surface area contributed by atoms with Crippen LogP contribution in [0.4, 0.5) is 5.69 Å². The van der Waals surface area contributed by atoms with Crippen molar-refractivity contribution in [1.29, 1.82) is 0 Å². The van der Waals surface area contributed by atoms with E-state index in [1.54, 1.807) is 6.92 Å². The summed E-state index contributed by atoms with van der Waals surface area (Å²) in [6.07, 6.45) is 4.19. The van der Waals surface area contributed by atoms with Gasteiger partial charge in [-0.2, -0.15) is 0 Å². The molecule has 0 aromatic heterocycles. The Labute approximate surface area is 133 Å². The molecule has 1 aromatic rings. The number of hydrogen-bond donors (Lipinski definition) is 0. The molecule has 0 saturated carbocycles. The van der Waals surface area contributed by atoms with Crippen LogP contribution in [0.15, 0.2) is 51.6 Å². The first-order chi connectivity index (χ1) is 10.4. The minimum atomic E-state index is -0.848. The quantitative estimate of drug-likeness (QED) is 0.355. The number of hydrogen-bond acceptors (Lipinski definition) is 6. The number of benzene rings is 1. The van der Waals surface area contributed by atoms with Crippen LogP contribution in [-0.4, -0.2) is 22.4 Å². The second kappa shape index (κ2) is 6.44. The van der Waals surface area contributed by atoms with E-state index in [0.717, 1.165) is 0 Å². The molecule has 0 heterocycles. The maximum Gasteiger partial charge on any atom is 0.367 e. The molecule has 0 amide bonds. The number of nitrogens with zero attached hydrogens (tertiary/aromatic N) is 2. The van der Waals surface area contributed by atoms with E-state index in [1.165, 1.54) is 36.4 Å². The van der Waals surface area contributed by atoms with Crippen molar-refractivity contribution in [2.24, 2.45) is 5.16 Å². The predicted molar refractivity (Wildman–Crippen MR) is 81.6 cm³/mol. The van der Waals surface area contributed by atoms with Gasteiger partial charge in [0.15, 0.2) is 5.78 Å². The van der Waals surface area contributed by atoms with Crippen LogP contribution in [0.2, 0.25) is 0 Å². The molecule has 112 valence electrons. The molecule has 0 radical (unpaired) electrons. The molecule has 0 aliphatic heterocycles. The molecule has 0 bridgehead atoms. The molecule has 1 aliphatic rings. The topological polar surface area (TPSA) is 98.9 Å². The predicted octanol–water partition coefficient (Wildman–Crippen LogP) is 2.96. The summed E-state index contributed by atoms with van der Waals surface area (Å²) in [5, 5.41) is 14.4. The van der Waals surface area contributed by atoms with Crippen LogP contribution in [0.25, 0.3) is 0 Å². The van der Waals surface area contributed by atoms with Crippen molar-refractivity contribution in [1.82, 2.24) is 0 Å². The van der Waals surface area contributed by atoms with Gasteiger partial charge in [0.05, 0.1) is 10.5 Å². The van der Waals surface area contributed by atoms with Gasteiger partial charge in [0.2, 0.25) is 0 Å². The first-order valence-electron chi connectivity index (χ1n) is 6.03. The molecular formula is C14H9BrN2O5. The Morgan fingerprint density at radius 2 is 2.09 bits per heavy atom. The van der Waals surface area contributed by atoms with E-state index >= 15 is 0 Å². The van der Waals surface area contributed by atoms with Gasteiger partial charge in [-0.15, -0.1) is 0 Å². The van der Waals surface area contributed by atoms with Crippen molar-refractivity contribution < 1.29 is 19.3 Å². The molecule has 1 aliphatic carbocycles. The van der Waals surface area contributed by atoms with Gasteiger partial charge in [0.25, 0.3) is 5.69 Å². The molecule has 7 nitrogen and oxygen atoms in total. The number of halogens is 1. The van der Waals surface area contributed by atoms with E-state index in [-0.39, 0.29) is 21.5 Å². The van der Waals surface area contributed by atoms with Crippen LogP contribution in [0.3, 0.4) is 0 Å². The van der Waals surface area contributed by atoms with E-state index in [0.29, 0.717) is 11.3 Å². The zero-order chi connectivity index (χ0) is 16.3. The Bertz CT molecular complexity index is 764. The average Bonchev–Trinajstić information content (AvgIpc) is 2.48. The monoisotopic (exact) mass is 364 g/mol. The highest BCUT2D eigenvalue weighted by molar-refractivity contribution is 9.10. The zero-order valence-corrected chi connectivity index (χ0v) is 12.9. The summed E-state index contributed by atoms with van der Waals surface area (Å²) >= 11 is 3.00. The number of oxime groups is 1. The van der Waals surface area contributed by atoms with Crippen molar-refractivity contribution in [3.05, 3.63) is 62.2 Å². The lowest BCUT2D eigenvalue weighted by Gasteiger charge is -2.04. The number of ketones is 1. The lowest BCUT2D eigenvalue weighted by Crippen LogP contribution is -2.08. The van der Waals surface area contributed by atoms with Crippen molar-refractivity contribution in [2.45, 2.75) is 6.92 Å². The Morgan fingerprint density at radius 1 is 1.36 bits per heavy atom. The molecule has 1 aromatic carbocycles. The molecular weight excluding hydrogens is 356 g/mol. The van der Waals surface area contributed by atoms with Gasteiger partial charge in [0.1, 0.15) is 10.2 Å². The Morgan fingerprint density at radius 3 is 2.73 bits per heavy atom. The molecule has 2 rings (SSSR count). The Hall–Kier alpha value is -2.61. The highest BCUT2D eigenvalue weighted by atomic mass is 79.9. The lowest BCUT2D eigenvalue weighted by molar-refractivity contribution is -0.385. The van der Waals surface area contributed by atoms with E-state index < -0.39 is 10.9 Å². The van der Waals surface area contributed by atoms with Gasteiger partial charge in [-0.05, 0) is 52.7 Å². The smallest absolute Gasteiger partial charge is 0.312 e. The largest absolute Gasteiger partial charge is 0.367 e.